The van der Waals surface area contributed by atoms with Gasteiger partial charge < -0.3 is 4.74 Å². The maximum absolute atomic E-state index is 11.7. The smallest absolute Gasteiger partial charge is 0.334 e. The quantitative estimate of drug-likeness (QED) is 0.363. The lowest BCUT2D eigenvalue weighted by atomic mass is 9.82. The highest BCUT2D eigenvalue weighted by Crippen LogP contribution is 2.51. The molecular formula is C15H18O2. The Balaban J connectivity index is 2.00. The normalized spacial score (nSPS) is 40.9. The molecule has 4 atom stereocenters. The first-order valence-electron chi connectivity index (χ1n) is 6.34. The summed E-state index contributed by atoms with van der Waals surface area (Å²) in [5, 5.41) is 0. The second kappa shape index (κ2) is 3.59. The van der Waals surface area contributed by atoms with Crippen molar-refractivity contribution in [1.29, 1.82) is 0 Å². The molecule has 0 radical (unpaired) electrons. The van der Waals surface area contributed by atoms with Gasteiger partial charge in [0, 0.05) is 17.4 Å². The summed E-state index contributed by atoms with van der Waals surface area (Å²) in [6.07, 6.45) is 4.09. The molecular weight excluding hydrogens is 212 g/mol. The van der Waals surface area contributed by atoms with Crippen molar-refractivity contribution in [3.8, 4) is 0 Å². The summed E-state index contributed by atoms with van der Waals surface area (Å²) in [5.74, 6) is 0.740. The maximum Gasteiger partial charge on any atom is 0.334 e. The third-order valence-electron chi connectivity index (χ3n) is 4.69. The standard InChI is InChI=1S/C15H18O2/c1-8-4-7-12-10(3)15(16)17-14(12)13-9(2)5-6-11(8)13/h11-14H,1-7H2/t11-,12-,13?,14-/m0/s1. The molecule has 2 nitrogen and oxygen atoms in total. The van der Waals surface area contributed by atoms with Crippen molar-refractivity contribution in [1.82, 2.24) is 0 Å². The van der Waals surface area contributed by atoms with Crippen molar-refractivity contribution in [2.24, 2.45) is 17.8 Å². The number of carbonyl (C=O) groups is 1. The average molecular weight is 230 g/mol. The Kier molecular flexibility index (Phi) is 2.29. The van der Waals surface area contributed by atoms with Crippen molar-refractivity contribution in [2.45, 2.75) is 31.8 Å². The number of hydrogen-bond acceptors (Lipinski definition) is 2. The number of allylic oxidation sites excluding steroid dienone is 1. The first kappa shape index (κ1) is 10.8. The largest absolute Gasteiger partial charge is 0.458 e. The molecule has 2 aliphatic carbocycles. The van der Waals surface area contributed by atoms with E-state index < -0.39 is 0 Å². The number of rotatable bonds is 0. The molecule has 2 heteroatoms. The van der Waals surface area contributed by atoms with Crippen molar-refractivity contribution in [2.75, 3.05) is 0 Å². The first-order chi connectivity index (χ1) is 8.09. The number of hydrogen-bond donors (Lipinski definition) is 0. The third-order valence-corrected chi connectivity index (χ3v) is 4.69. The average Bonchev–Trinajstić information content (AvgIpc) is 2.75. The van der Waals surface area contributed by atoms with Gasteiger partial charge in [0.05, 0.1) is 0 Å². The van der Waals surface area contributed by atoms with E-state index in [1.54, 1.807) is 0 Å². The molecule has 17 heavy (non-hydrogen) atoms. The zero-order valence-electron chi connectivity index (χ0n) is 10.1. The molecule has 3 fully saturated rings. The molecule has 1 unspecified atom stereocenters. The van der Waals surface area contributed by atoms with Crippen molar-refractivity contribution >= 4 is 5.97 Å². The maximum atomic E-state index is 11.7. The molecule has 1 aliphatic heterocycles. The minimum atomic E-state index is -0.203. The van der Waals surface area contributed by atoms with Gasteiger partial charge in [0.15, 0.2) is 0 Å². The Hall–Kier alpha value is -1.31. The van der Waals surface area contributed by atoms with Gasteiger partial charge in [-0.25, -0.2) is 4.79 Å². The second-order valence-corrected chi connectivity index (χ2v) is 5.53. The second-order valence-electron chi connectivity index (χ2n) is 5.53. The van der Waals surface area contributed by atoms with E-state index >= 15 is 0 Å². The molecule has 3 rings (SSSR count). The van der Waals surface area contributed by atoms with Crippen LogP contribution >= 0.6 is 0 Å². The van der Waals surface area contributed by atoms with Crippen LogP contribution in [0.5, 0.6) is 0 Å². The summed E-state index contributed by atoms with van der Waals surface area (Å²) < 4.78 is 5.55. The fourth-order valence-corrected chi connectivity index (χ4v) is 3.71. The number of fused-ring (bicyclic) bond motifs is 3. The van der Waals surface area contributed by atoms with Gasteiger partial charge in [0.25, 0.3) is 0 Å². The molecule has 0 spiro atoms. The molecule has 3 aliphatic rings. The van der Waals surface area contributed by atoms with E-state index in [1.807, 2.05) is 0 Å². The van der Waals surface area contributed by atoms with Crippen LogP contribution in [0.1, 0.15) is 25.7 Å². The third kappa shape index (κ3) is 1.43. The van der Waals surface area contributed by atoms with E-state index in [2.05, 4.69) is 19.7 Å². The summed E-state index contributed by atoms with van der Waals surface area (Å²) in [5.41, 5.74) is 3.20. The van der Waals surface area contributed by atoms with Crippen LogP contribution in [-0.2, 0) is 9.53 Å². The highest BCUT2D eigenvalue weighted by Gasteiger charge is 2.50. The van der Waals surface area contributed by atoms with Crippen molar-refractivity contribution in [3.63, 3.8) is 0 Å². The van der Waals surface area contributed by atoms with E-state index in [1.165, 1.54) is 11.1 Å². The van der Waals surface area contributed by atoms with Crippen molar-refractivity contribution in [3.05, 3.63) is 36.5 Å². The lowest BCUT2D eigenvalue weighted by Gasteiger charge is -2.26. The monoisotopic (exact) mass is 230 g/mol. The molecule has 0 aromatic heterocycles. The van der Waals surface area contributed by atoms with Gasteiger partial charge in [-0.1, -0.05) is 30.9 Å². The summed E-state index contributed by atoms with van der Waals surface area (Å²) in [4.78, 5) is 11.7. The zero-order valence-corrected chi connectivity index (χ0v) is 10.1. The molecule has 0 aromatic carbocycles. The van der Waals surface area contributed by atoms with Gasteiger partial charge in [-0.05, 0) is 31.6 Å². The van der Waals surface area contributed by atoms with E-state index in [4.69, 9.17) is 4.74 Å². The fraction of sp³-hybridized carbons (Fsp3) is 0.533. The van der Waals surface area contributed by atoms with Gasteiger partial charge in [-0.3, -0.25) is 0 Å². The molecule has 1 heterocycles. The highest BCUT2D eigenvalue weighted by molar-refractivity contribution is 5.91. The van der Waals surface area contributed by atoms with Crippen LogP contribution in [0.15, 0.2) is 36.5 Å². The van der Waals surface area contributed by atoms with E-state index in [-0.39, 0.29) is 23.9 Å². The Morgan fingerprint density at radius 2 is 1.65 bits per heavy atom. The number of esters is 1. The van der Waals surface area contributed by atoms with Crippen LogP contribution in [0, 0.1) is 17.8 Å². The number of carbonyl (C=O) groups excluding carboxylic acids is 1. The van der Waals surface area contributed by atoms with Crippen LogP contribution < -0.4 is 0 Å². The van der Waals surface area contributed by atoms with Crippen LogP contribution in [0.4, 0.5) is 0 Å². The van der Waals surface area contributed by atoms with Crippen LogP contribution in [0.2, 0.25) is 0 Å². The predicted molar refractivity (Wildman–Crippen MR) is 66.2 cm³/mol. The fourth-order valence-electron chi connectivity index (χ4n) is 3.71. The predicted octanol–water partition coefficient (Wildman–Crippen LogP) is 3.02. The molecule has 0 N–H and O–H groups in total. The minimum Gasteiger partial charge on any atom is -0.458 e. The van der Waals surface area contributed by atoms with Crippen LogP contribution in [0.3, 0.4) is 0 Å². The van der Waals surface area contributed by atoms with Crippen LogP contribution in [-0.4, -0.2) is 12.1 Å². The lowest BCUT2D eigenvalue weighted by molar-refractivity contribution is -0.141. The minimum absolute atomic E-state index is 0.0192. The summed E-state index contributed by atoms with van der Waals surface area (Å²) in [7, 11) is 0. The Labute approximate surface area is 102 Å². The summed E-state index contributed by atoms with van der Waals surface area (Å²) in [6.45, 7) is 12.3. The highest BCUT2D eigenvalue weighted by atomic mass is 16.6. The van der Waals surface area contributed by atoms with Gasteiger partial charge in [0.1, 0.15) is 6.10 Å². The molecule has 1 saturated heterocycles. The molecule has 0 amide bonds. The Morgan fingerprint density at radius 1 is 1.00 bits per heavy atom. The van der Waals surface area contributed by atoms with Crippen LogP contribution in [0.25, 0.3) is 0 Å². The summed E-state index contributed by atoms with van der Waals surface area (Å²) in [6, 6.07) is 0. The molecule has 0 aromatic rings. The molecule has 90 valence electrons. The summed E-state index contributed by atoms with van der Waals surface area (Å²) >= 11 is 0. The first-order valence-corrected chi connectivity index (χ1v) is 6.34. The zero-order chi connectivity index (χ0) is 12.2. The van der Waals surface area contributed by atoms with E-state index in [0.717, 1.165) is 25.7 Å². The van der Waals surface area contributed by atoms with E-state index in [9.17, 15) is 4.79 Å². The van der Waals surface area contributed by atoms with Crippen molar-refractivity contribution < 1.29 is 9.53 Å². The Morgan fingerprint density at radius 3 is 2.41 bits per heavy atom. The topological polar surface area (TPSA) is 26.3 Å². The van der Waals surface area contributed by atoms with Gasteiger partial charge in [-0.15, -0.1) is 0 Å². The molecule has 2 saturated carbocycles. The van der Waals surface area contributed by atoms with Gasteiger partial charge in [-0.2, -0.15) is 0 Å². The number of ether oxygens (including phenoxy) is 1. The lowest BCUT2D eigenvalue weighted by Crippen LogP contribution is -2.28. The SMILES string of the molecule is C=C1CC[C@H]2C(=C)CC[C@H]3C(=C)C(=O)O[C@@H]3C12. The Bertz CT molecular complexity index is 432. The van der Waals surface area contributed by atoms with E-state index in [0.29, 0.717) is 11.5 Å². The van der Waals surface area contributed by atoms with Gasteiger partial charge in [0.2, 0.25) is 0 Å². The van der Waals surface area contributed by atoms with Gasteiger partial charge >= 0.3 is 5.97 Å². The molecule has 0 bridgehead atoms.